The second-order valence-electron chi connectivity index (χ2n) is 7.00. The maximum absolute atomic E-state index is 6.11. The van der Waals surface area contributed by atoms with Crippen molar-refractivity contribution in [2.45, 2.75) is 51.5 Å². The van der Waals surface area contributed by atoms with E-state index in [-0.39, 0.29) is 0 Å². The molecule has 1 saturated heterocycles. The molecule has 1 aromatic carbocycles. The highest BCUT2D eigenvalue weighted by Crippen LogP contribution is 2.47. The molecule has 0 aromatic heterocycles. The van der Waals surface area contributed by atoms with E-state index in [0.717, 1.165) is 5.02 Å². The molecule has 1 aromatic rings. The molecule has 1 aliphatic carbocycles. The molecule has 1 saturated carbocycles. The number of nitrogens with two attached hydrogens (primary N) is 1. The molecule has 0 amide bonds. The van der Waals surface area contributed by atoms with Crippen LogP contribution in [0.2, 0.25) is 5.02 Å². The normalized spacial score (nSPS) is 23.6. The third kappa shape index (κ3) is 3.13. The number of benzene rings is 1. The highest BCUT2D eigenvalue weighted by atomic mass is 35.5. The van der Waals surface area contributed by atoms with Crippen LogP contribution in [-0.2, 0) is 0 Å². The first-order chi connectivity index (χ1) is 10.1. The summed E-state index contributed by atoms with van der Waals surface area (Å²) in [6.07, 6.45) is 8.50. The minimum absolute atomic E-state index is 0.348. The zero-order valence-electron chi connectivity index (χ0n) is 13.1. The molecule has 21 heavy (non-hydrogen) atoms. The molecule has 2 aliphatic rings. The first kappa shape index (κ1) is 15.3. The fourth-order valence-corrected chi connectivity index (χ4v) is 4.65. The molecular weight excluding hydrogens is 280 g/mol. The molecule has 2 nitrogen and oxygen atoms in total. The average Bonchev–Trinajstić information content (AvgIpc) is 2.92. The van der Waals surface area contributed by atoms with Gasteiger partial charge >= 0.3 is 0 Å². The van der Waals surface area contributed by atoms with Crippen molar-refractivity contribution in [3.05, 3.63) is 34.3 Å². The molecule has 1 heterocycles. The lowest BCUT2D eigenvalue weighted by molar-refractivity contribution is 0.0778. The molecular formula is C18H27ClN2. The Hall–Kier alpha value is -0.570. The van der Waals surface area contributed by atoms with Crippen LogP contribution in [0.1, 0.15) is 55.7 Å². The summed E-state index contributed by atoms with van der Waals surface area (Å²) in [5.74, 6) is 0. The van der Waals surface area contributed by atoms with Crippen molar-refractivity contribution < 1.29 is 0 Å². The van der Waals surface area contributed by atoms with Gasteiger partial charge in [0.05, 0.1) is 0 Å². The molecule has 1 aliphatic heterocycles. The molecule has 3 rings (SSSR count). The van der Waals surface area contributed by atoms with Crippen LogP contribution in [0, 0.1) is 12.3 Å². The largest absolute Gasteiger partial charge is 0.329 e. The molecule has 0 radical (unpaired) electrons. The minimum Gasteiger partial charge on any atom is -0.329 e. The number of hydrogen-bond donors (Lipinski definition) is 1. The van der Waals surface area contributed by atoms with Gasteiger partial charge in [0.1, 0.15) is 0 Å². The lowest BCUT2D eigenvalue weighted by atomic mass is 9.76. The van der Waals surface area contributed by atoms with Crippen LogP contribution in [0.15, 0.2) is 18.2 Å². The van der Waals surface area contributed by atoms with E-state index in [1.807, 2.05) is 6.07 Å². The van der Waals surface area contributed by atoms with Crippen LogP contribution in [-0.4, -0.2) is 24.5 Å². The lowest BCUT2D eigenvalue weighted by Crippen LogP contribution is -2.43. The van der Waals surface area contributed by atoms with E-state index in [2.05, 4.69) is 24.0 Å². The van der Waals surface area contributed by atoms with Crippen molar-refractivity contribution in [3.8, 4) is 0 Å². The standard InChI is InChI=1S/C18H27ClN2/c1-14-12-15(19)4-5-16(14)17(13-20)21-10-8-18(9-11-21)6-2-3-7-18/h4-5,12,17H,2-3,6-11,13,20H2,1H3. The van der Waals surface area contributed by atoms with Gasteiger partial charge in [-0.25, -0.2) is 0 Å². The van der Waals surface area contributed by atoms with Crippen molar-refractivity contribution >= 4 is 11.6 Å². The summed E-state index contributed by atoms with van der Waals surface area (Å²) < 4.78 is 0. The van der Waals surface area contributed by atoms with Gasteiger partial charge in [-0.05, 0) is 74.4 Å². The predicted molar refractivity (Wildman–Crippen MR) is 89.7 cm³/mol. The van der Waals surface area contributed by atoms with E-state index in [9.17, 15) is 0 Å². The molecule has 2 N–H and O–H groups in total. The summed E-state index contributed by atoms with van der Waals surface area (Å²) in [5.41, 5.74) is 9.40. The van der Waals surface area contributed by atoms with Gasteiger partial charge in [0, 0.05) is 17.6 Å². The average molecular weight is 307 g/mol. The summed E-state index contributed by atoms with van der Waals surface area (Å²) in [5, 5.41) is 0.815. The van der Waals surface area contributed by atoms with Crippen LogP contribution in [0.25, 0.3) is 0 Å². The van der Waals surface area contributed by atoms with E-state index in [1.165, 1.54) is 62.7 Å². The summed E-state index contributed by atoms with van der Waals surface area (Å²) >= 11 is 6.09. The summed E-state index contributed by atoms with van der Waals surface area (Å²) in [6, 6.07) is 6.56. The number of nitrogens with zero attached hydrogens (tertiary/aromatic N) is 1. The topological polar surface area (TPSA) is 29.3 Å². The van der Waals surface area contributed by atoms with Gasteiger partial charge in [0.2, 0.25) is 0 Å². The van der Waals surface area contributed by atoms with E-state index < -0.39 is 0 Å². The third-order valence-corrected chi connectivity index (χ3v) is 6.01. The number of piperidine rings is 1. The van der Waals surface area contributed by atoms with E-state index in [1.54, 1.807) is 0 Å². The molecule has 1 unspecified atom stereocenters. The van der Waals surface area contributed by atoms with Crippen LogP contribution in [0.3, 0.4) is 0 Å². The number of halogens is 1. The molecule has 1 atom stereocenters. The Balaban J connectivity index is 1.72. The highest BCUT2D eigenvalue weighted by molar-refractivity contribution is 6.30. The van der Waals surface area contributed by atoms with Crippen molar-refractivity contribution in [1.29, 1.82) is 0 Å². The zero-order valence-corrected chi connectivity index (χ0v) is 13.8. The Morgan fingerprint density at radius 2 is 1.86 bits per heavy atom. The van der Waals surface area contributed by atoms with Crippen LogP contribution in [0.4, 0.5) is 0 Å². The molecule has 0 bridgehead atoms. The Kier molecular flexibility index (Phi) is 4.58. The first-order valence-electron chi connectivity index (χ1n) is 8.34. The molecule has 3 heteroatoms. The predicted octanol–water partition coefficient (Wildman–Crippen LogP) is 4.30. The van der Waals surface area contributed by atoms with Gasteiger partial charge in [-0.3, -0.25) is 4.90 Å². The maximum atomic E-state index is 6.11. The van der Waals surface area contributed by atoms with Crippen molar-refractivity contribution in [2.75, 3.05) is 19.6 Å². The van der Waals surface area contributed by atoms with Crippen LogP contribution >= 0.6 is 11.6 Å². The molecule has 116 valence electrons. The molecule has 1 spiro atoms. The maximum Gasteiger partial charge on any atom is 0.0473 e. The fourth-order valence-electron chi connectivity index (χ4n) is 4.42. The Bertz CT molecular complexity index is 484. The lowest BCUT2D eigenvalue weighted by Gasteiger charge is -2.43. The number of hydrogen-bond acceptors (Lipinski definition) is 2. The van der Waals surface area contributed by atoms with Crippen LogP contribution < -0.4 is 5.73 Å². The van der Waals surface area contributed by atoms with Crippen molar-refractivity contribution in [3.63, 3.8) is 0 Å². The fraction of sp³-hybridized carbons (Fsp3) is 0.667. The van der Waals surface area contributed by atoms with E-state index in [0.29, 0.717) is 18.0 Å². The SMILES string of the molecule is Cc1cc(Cl)ccc1C(CN)N1CCC2(CCCC2)CC1. The summed E-state index contributed by atoms with van der Waals surface area (Å²) in [4.78, 5) is 2.60. The summed E-state index contributed by atoms with van der Waals surface area (Å²) in [6.45, 7) is 5.23. The monoisotopic (exact) mass is 306 g/mol. The number of likely N-dealkylation sites (tertiary alicyclic amines) is 1. The Morgan fingerprint density at radius 3 is 2.43 bits per heavy atom. The van der Waals surface area contributed by atoms with E-state index >= 15 is 0 Å². The Morgan fingerprint density at radius 1 is 1.19 bits per heavy atom. The highest BCUT2D eigenvalue weighted by Gasteiger charge is 2.38. The quantitative estimate of drug-likeness (QED) is 0.902. The first-order valence-corrected chi connectivity index (χ1v) is 8.72. The van der Waals surface area contributed by atoms with Crippen molar-refractivity contribution in [2.24, 2.45) is 11.1 Å². The molecule has 2 fully saturated rings. The van der Waals surface area contributed by atoms with Gasteiger partial charge in [-0.2, -0.15) is 0 Å². The van der Waals surface area contributed by atoms with Crippen molar-refractivity contribution in [1.82, 2.24) is 4.90 Å². The number of aryl methyl sites for hydroxylation is 1. The Labute approximate surface area is 133 Å². The van der Waals surface area contributed by atoms with Gasteiger partial charge in [-0.1, -0.05) is 30.5 Å². The van der Waals surface area contributed by atoms with Crippen LogP contribution in [0.5, 0.6) is 0 Å². The van der Waals surface area contributed by atoms with E-state index in [4.69, 9.17) is 17.3 Å². The second kappa shape index (κ2) is 6.28. The summed E-state index contributed by atoms with van der Waals surface area (Å²) in [7, 11) is 0. The zero-order chi connectivity index (χ0) is 14.9. The number of rotatable bonds is 3. The van der Waals surface area contributed by atoms with Gasteiger partial charge in [0.25, 0.3) is 0 Å². The minimum atomic E-state index is 0.348. The van der Waals surface area contributed by atoms with Gasteiger partial charge in [0.15, 0.2) is 0 Å². The van der Waals surface area contributed by atoms with Gasteiger partial charge in [-0.15, -0.1) is 0 Å². The second-order valence-corrected chi connectivity index (χ2v) is 7.43. The van der Waals surface area contributed by atoms with Gasteiger partial charge < -0.3 is 5.73 Å². The smallest absolute Gasteiger partial charge is 0.0473 e. The third-order valence-electron chi connectivity index (χ3n) is 5.78.